The van der Waals surface area contributed by atoms with Gasteiger partial charge in [0.2, 0.25) is 0 Å². The third-order valence-electron chi connectivity index (χ3n) is 6.04. The molecule has 0 aliphatic carbocycles. The summed E-state index contributed by atoms with van der Waals surface area (Å²) in [5, 5.41) is 8.62. The number of halogens is 2. The van der Waals surface area contributed by atoms with E-state index in [0.717, 1.165) is 27.0 Å². The molecule has 0 unspecified atom stereocenters. The predicted molar refractivity (Wildman–Crippen MR) is 139 cm³/mol. The van der Waals surface area contributed by atoms with Crippen molar-refractivity contribution in [1.29, 1.82) is 0 Å². The second-order valence-corrected chi connectivity index (χ2v) is 10.1. The molecular formula is C28H24F2N4O2S. The number of hydrogen-bond acceptors (Lipinski definition) is 5. The molecule has 0 aliphatic heterocycles. The zero-order valence-electron chi connectivity index (χ0n) is 20.4. The summed E-state index contributed by atoms with van der Waals surface area (Å²) in [7, 11) is 0. The van der Waals surface area contributed by atoms with Gasteiger partial charge in [0, 0.05) is 16.5 Å². The Morgan fingerprint density at radius 3 is 2.46 bits per heavy atom. The van der Waals surface area contributed by atoms with Crippen LogP contribution in [0.4, 0.5) is 8.78 Å². The zero-order chi connectivity index (χ0) is 26.1. The molecule has 0 bridgehead atoms. The number of nitrogens with zero attached hydrogens (tertiary/aromatic N) is 3. The van der Waals surface area contributed by atoms with Crippen molar-refractivity contribution in [3.8, 4) is 11.4 Å². The highest BCUT2D eigenvalue weighted by atomic mass is 32.1. The average molecular weight is 519 g/mol. The quantitative estimate of drug-likeness (QED) is 0.274. The van der Waals surface area contributed by atoms with Crippen LogP contribution < -0.4 is 10.1 Å². The van der Waals surface area contributed by atoms with Crippen LogP contribution in [-0.2, 0) is 0 Å². The number of carbonyl (C=O) groups excluding carboxylic acids is 1. The predicted octanol–water partition coefficient (Wildman–Crippen LogP) is 6.32. The maximum absolute atomic E-state index is 13.9. The monoisotopic (exact) mass is 518 g/mol. The summed E-state index contributed by atoms with van der Waals surface area (Å²) in [6.07, 6.45) is 2.76. The van der Waals surface area contributed by atoms with Gasteiger partial charge in [0.05, 0.1) is 23.4 Å². The fraction of sp³-hybridized carbons (Fsp3) is 0.179. The van der Waals surface area contributed by atoms with E-state index in [-0.39, 0.29) is 17.5 Å². The first-order chi connectivity index (χ1) is 17.8. The molecule has 5 aromatic rings. The summed E-state index contributed by atoms with van der Waals surface area (Å²) in [5.41, 5.74) is 3.03. The number of hydrogen-bond donors (Lipinski definition) is 1. The van der Waals surface area contributed by atoms with Crippen LogP contribution in [-0.4, -0.2) is 26.7 Å². The second kappa shape index (κ2) is 10.1. The molecule has 1 amide bonds. The normalized spacial score (nSPS) is 12.9. The maximum atomic E-state index is 13.9. The van der Waals surface area contributed by atoms with Crippen molar-refractivity contribution < 1.29 is 18.3 Å². The van der Waals surface area contributed by atoms with E-state index in [4.69, 9.17) is 4.74 Å². The summed E-state index contributed by atoms with van der Waals surface area (Å²) in [5.74, 6) is -0.394. The molecule has 0 radical (unpaired) electrons. The van der Waals surface area contributed by atoms with Gasteiger partial charge in [0.1, 0.15) is 23.5 Å². The van der Waals surface area contributed by atoms with Gasteiger partial charge >= 0.3 is 0 Å². The van der Waals surface area contributed by atoms with Gasteiger partial charge in [-0.2, -0.15) is 5.10 Å². The summed E-state index contributed by atoms with van der Waals surface area (Å²) in [4.78, 5) is 17.9. The summed E-state index contributed by atoms with van der Waals surface area (Å²) >= 11 is 1.31. The molecule has 0 saturated carbocycles. The number of fused-ring (bicyclic) bond motifs is 1. The van der Waals surface area contributed by atoms with Crippen molar-refractivity contribution in [3.63, 3.8) is 0 Å². The Morgan fingerprint density at radius 1 is 1.00 bits per heavy atom. The minimum absolute atomic E-state index is 0.296. The molecule has 0 saturated heterocycles. The Labute approximate surface area is 216 Å². The number of benzene rings is 3. The van der Waals surface area contributed by atoms with E-state index in [9.17, 15) is 13.6 Å². The third kappa shape index (κ3) is 5.22. The SMILES string of the molecule is Cc1cnc(C(=O)N[C@@H](C)[C@H](Oc2ccc3c(cnn3-c3ccc(F)cc3)c2)c2ccc(F)cc2C)s1. The Hall–Kier alpha value is -4.11. The van der Waals surface area contributed by atoms with Gasteiger partial charge in [0.15, 0.2) is 5.01 Å². The Morgan fingerprint density at radius 2 is 1.76 bits per heavy atom. The first-order valence-electron chi connectivity index (χ1n) is 11.7. The highest BCUT2D eigenvalue weighted by molar-refractivity contribution is 7.13. The standard InChI is InChI=1S/C28H24F2N4O2S/c1-16-12-21(30)6-10-24(16)26(18(3)33-27(35)28-31-14-17(2)37-28)36-23-9-11-25-19(13-23)15-32-34(25)22-7-4-20(29)5-8-22/h4-15,18,26H,1-3H3,(H,33,35)/t18-,26-/m0/s1. The summed E-state index contributed by atoms with van der Waals surface area (Å²) in [6.45, 7) is 5.54. The van der Waals surface area contributed by atoms with E-state index in [1.54, 1.807) is 35.3 Å². The highest BCUT2D eigenvalue weighted by Crippen LogP contribution is 2.31. The van der Waals surface area contributed by atoms with Gasteiger partial charge < -0.3 is 10.1 Å². The number of aromatic nitrogens is 3. The van der Waals surface area contributed by atoms with Crippen LogP contribution >= 0.6 is 11.3 Å². The first-order valence-corrected chi connectivity index (χ1v) is 12.5. The lowest BCUT2D eigenvalue weighted by Crippen LogP contribution is -2.39. The lowest BCUT2D eigenvalue weighted by molar-refractivity contribution is 0.0881. The molecule has 2 heterocycles. The molecule has 3 aromatic carbocycles. The molecule has 1 N–H and O–H groups in total. The van der Waals surface area contributed by atoms with Crippen molar-refractivity contribution in [2.75, 3.05) is 0 Å². The van der Waals surface area contributed by atoms with E-state index in [0.29, 0.717) is 16.3 Å². The van der Waals surface area contributed by atoms with Gasteiger partial charge in [-0.05, 0) is 86.5 Å². The number of rotatable bonds is 7. The van der Waals surface area contributed by atoms with Crippen molar-refractivity contribution >= 4 is 28.1 Å². The van der Waals surface area contributed by atoms with Gasteiger partial charge in [-0.25, -0.2) is 18.4 Å². The molecule has 37 heavy (non-hydrogen) atoms. The minimum Gasteiger partial charge on any atom is -0.484 e. The van der Waals surface area contributed by atoms with Crippen LogP contribution in [0.3, 0.4) is 0 Å². The Balaban J connectivity index is 1.45. The van der Waals surface area contributed by atoms with Crippen LogP contribution in [0, 0.1) is 25.5 Å². The van der Waals surface area contributed by atoms with Crippen molar-refractivity contribution in [3.05, 3.63) is 106 Å². The lowest BCUT2D eigenvalue weighted by atomic mass is 9.98. The Kier molecular flexibility index (Phi) is 6.71. The fourth-order valence-corrected chi connectivity index (χ4v) is 4.88. The number of thiazole rings is 1. The molecule has 0 aliphatic rings. The Bertz CT molecular complexity index is 1580. The van der Waals surface area contributed by atoms with Gasteiger partial charge in [0.25, 0.3) is 5.91 Å². The third-order valence-corrected chi connectivity index (χ3v) is 6.95. The smallest absolute Gasteiger partial charge is 0.280 e. The van der Waals surface area contributed by atoms with E-state index in [2.05, 4.69) is 15.4 Å². The van der Waals surface area contributed by atoms with Gasteiger partial charge in [-0.1, -0.05) is 6.07 Å². The number of carbonyl (C=O) groups is 1. The molecule has 0 spiro atoms. The van der Waals surface area contributed by atoms with Crippen LogP contribution in [0.25, 0.3) is 16.6 Å². The molecule has 188 valence electrons. The zero-order valence-corrected chi connectivity index (χ0v) is 21.2. The van der Waals surface area contributed by atoms with Gasteiger partial charge in [-0.15, -0.1) is 11.3 Å². The first kappa shape index (κ1) is 24.6. The molecule has 0 fully saturated rings. The lowest BCUT2D eigenvalue weighted by Gasteiger charge is -2.27. The maximum Gasteiger partial charge on any atom is 0.280 e. The number of aryl methyl sites for hydroxylation is 2. The number of amides is 1. The topological polar surface area (TPSA) is 69.0 Å². The largest absolute Gasteiger partial charge is 0.484 e. The van der Waals surface area contributed by atoms with Gasteiger partial charge in [-0.3, -0.25) is 4.79 Å². The molecule has 2 aromatic heterocycles. The molecular weight excluding hydrogens is 494 g/mol. The van der Waals surface area contributed by atoms with Crippen LogP contribution in [0.1, 0.15) is 38.8 Å². The van der Waals surface area contributed by atoms with Crippen LogP contribution in [0.15, 0.2) is 73.1 Å². The van der Waals surface area contributed by atoms with E-state index in [1.807, 2.05) is 39.0 Å². The number of ether oxygens (including phenoxy) is 1. The summed E-state index contributed by atoms with van der Waals surface area (Å²) < 4.78 is 35.4. The van der Waals surface area contributed by atoms with Crippen molar-refractivity contribution in [2.24, 2.45) is 0 Å². The number of nitrogens with one attached hydrogen (secondary N) is 1. The second-order valence-electron chi connectivity index (χ2n) is 8.83. The molecule has 6 nitrogen and oxygen atoms in total. The van der Waals surface area contributed by atoms with E-state index < -0.39 is 12.1 Å². The van der Waals surface area contributed by atoms with E-state index in [1.165, 1.54) is 35.6 Å². The highest BCUT2D eigenvalue weighted by Gasteiger charge is 2.26. The van der Waals surface area contributed by atoms with Crippen LogP contribution in [0.2, 0.25) is 0 Å². The van der Waals surface area contributed by atoms with Crippen LogP contribution in [0.5, 0.6) is 5.75 Å². The molecule has 5 rings (SSSR count). The fourth-order valence-electron chi connectivity index (χ4n) is 4.22. The van der Waals surface area contributed by atoms with Crippen molar-refractivity contribution in [2.45, 2.75) is 32.9 Å². The molecule has 9 heteroatoms. The molecule has 2 atom stereocenters. The van der Waals surface area contributed by atoms with Crippen molar-refractivity contribution in [1.82, 2.24) is 20.1 Å². The summed E-state index contributed by atoms with van der Waals surface area (Å²) in [6, 6.07) is 15.7. The average Bonchev–Trinajstić information content (AvgIpc) is 3.49. The van der Waals surface area contributed by atoms with E-state index >= 15 is 0 Å². The minimum atomic E-state index is -0.602.